The Morgan fingerprint density at radius 3 is 2.56 bits per heavy atom. The molecule has 4 nitrogen and oxygen atoms in total. The number of hydrogen-bond donors (Lipinski definition) is 1. The molecule has 0 radical (unpaired) electrons. The molecule has 3 unspecified atom stereocenters. The van der Waals surface area contributed by atoms with Gasteiger partial charge in [-0.3, -0.25) is 9.59 Å². The fourth-order valence-electron chi connectivity index (χ4n) is 2.81. The van der Waals surface area contributed by atoms with Crippen LogP contribution < -0.4 is 0 Å². The molecule has 1 N–H and O–H groups in total. The van der Waals surface area contributed by atoms with Gasteiger partial charge in [0.05, 0.1) is 0 Å². The molecule has 0 aliphatic heterocycles. The summed E-state index contributed by atoms with van der Waals surface area (Å²) >= 11 is 0. The van der Waals surface area contributed by atoms with Crippen molar-refractivity contribution in [3.63, 3.8) is 0 Å². The van der Waals surface area contributed by atoms with Crippen LogP contribution >= 0.6 is 0 Å². The molecule has 1 amide bonds. The fraction of sp³-hybridized carbons (Fsp3) is 0.667. The van der Waals surface area contributed by atoms with E-state index in [-0.39, 0.29) is 18.4 Å². The first-order valence-electron chi connectivity index (χ1n) is 5.80. The molecule has 0 aromatic rings. The van der Waals surface area contributed by atoms with E-state index in [9.17, 15) is 9.59 Å². The number of carbonyl (C=O) groups is 2. The van der Waals surface area contributed by atoms with E-state index in [4.69, 9.17) is 5.11 Å². The number of amides is 1. The molecule has 2 rings (SSSR count). The Hall–Kier alpha value is -1.32. The predicted octanol–water partition coefficient (Wildman–Crippen LogP) is 1.13. The predicted molar refractivity (Wildman–Crippen MR) is 58.7 cm³/mol. The van der Waals surface area contributed by atoms with E-state index in [1.807, 2.05) is 6.92 Å². The average Bonchev–Trinajstić information content (AvgIpc) is 2.86. The van der Waals surface area contributed by atoms with Crippen molar-refractivity contribution in [2.45, 2.75) is 19.8 Å². The van der Waals surface area contributed by atoms with Crippen LogP contribution in [-0.2, 0) is 9.59 Å². The summed E-state index contributed by atoms with van der Waals surface area (Å²) in [5, 5.41) is 8.73. The van der Waals surface area contributed by atoms with Gasteiger partial charge >= 0.3 is 5.97 Å². The van der Waals surface area contributed by atoms with Crippen molar-refractivity contribution < 1.29 is 14.7 Å². The zero-order valence-electron chi connectivity index (χ0n) is 9.43. The van der Waals surface area contributed by atoms with Crippen LogP contribution in [0.2, 0.25) is 0 Å². The average molecular weight is 223 g/mol. The topological polar surface area (TPSA) is 57.6 Å². The lowest BCUT2D eigenvalue weighted by Gasteiger charge is -2.25. The smallest absolute Gasteiger partial charge is 0.323 e. The highest BCUT2D eigenvalue weighted by atomic mass is 16.4. The first-order valence-corrected chi connectivity index (χ1v) is 5.80. The van der Waals surface area contributed by atoms with Gasteiger partial charge in [-0.05, 0) is 31.6 Å². The van der Waals surface area contributed by atoms with E-state index in [1.165, 1.54) is 4.90 Å². The molecule has 0 spiro atoms. The third-order valence-corrected chi connectivity index (χ3v) is 3.62. The molecule has 2 aliphatic carbocycles. The van der Waals surface area contributed by atoms with Gasteiger partial charge in [0.25, 0.3) is 0 Å². The van der Waals surface area contributed by atoms with Gasteiger partial charge in [-0.25, -0.2) is 0 Å². The lowest BCUT2D eigenvalue weighted by molar-refractivity contribution is -0.146. The van der Waals surface area contributed by atoms with Gasteiger partial charge in [-0.1, -0.05) is 12.2 Å². The maximum absolute atomic E-state index is 12.1. The minimum atomic E-state index is -0.936. The van der Waals surface area contributed by atoms with E-state index in [0.717, 1.165) is 12.8 Å². The van der Waals surface area contributed by atoms with E-state index in [0.29, 0.717) is 18.4 Å². The molecule has 0 heterocycles. The number of carboxylic acid groups (broad SMARTS) is 1. The molecule has 2 aliphatic rings. The molecule has 3 atom stereocenters. The summed E-state index contributed by atoms with van der Waals surface area (Å²) in [6.45, 7) is 2.12. The summed E-state index contributed by atoms with van der Waals surface area (Å²) in [5.74, 6) is -0.00669. The number of aliphatic carboxylic acids is 1. The number of likely N-dealkylation sites (N-methyl/N-ethyl adjacent to an activating group) is 1. The first kappa shape index (κ1) is 11.2. The maximum atomic E-state index is 12.1. The van der Waals surface area contributed by atoms with Crippen molar-refractivity contribution in [3.8, 4) is 0 Å². The van der Waals surface area contributed by atoms with Gasteiger partial charge in [0.15, 0.2) is 0 Å². The SMILES string of the molecule is CCN(CC(=O)O)C(=O)C1CC2C=CC1C2. The van der Waals surface area contributed by atoms with Crippen LogP contribution in [0.1, 0.15) is 19.8 Å². The minimum absolute atomic E-state index is 0.0155. The number of carbonyl (C=O) groups excluding carboxylic acids is 1. The van der Waals surface area contributed by atoms with Crippen molar-refractivity contribution in [2.24, 2.45) is 17.8 Å². The van der Waals surface area contributed by atoms with Crippen molar-refractivity contribution in [3.05, 3.63) is 12.2 Å². The zero-order valence-corrected chi connectivity index (χ0v) is 9.43. The Morgan fingerprint density at radius 1 is 1.38 bits per heavy atom. The van der Waals surface area contributed by atoms with Gasteiger partial charge in [0, 0.05) is 12.5 Å². The summed E-state index contributed by atoms with van der Waals surface area (Å²) in [6, 6.07) is 0. The second kappa shape index (κ2) is 4.28. The van der Waals surface area contributed by atoms with E-state index in [2.05, 4.69) is 12.2 Å². The van der Waals surface area contributed by atoms with Gasteiger partial charge in [-0.15, -0.1) is 0 Å². The quantitative estimate of drug-likeness (QED) is 0.727. The molecule has 4 heteroatoms. The number of hydrogen-bond acceptors (Lipinski definition) is 2. The van der Waals surface area contributed by atoms with Crippen LogP contribution in [0.5, 0.6) is 0 Å². The normalized spacial score (nSPS) is 30.7. The summed E-state index contributed by atoms with van der Waals surface area (Å²) in [7, 11) is 0. The number of rotatable bonds is 4. The number of nitrogens with zero attached hydrogens (tertiary/aromatic N) is 1. The second-order valence-electron chi connectivity index (χ2n) is 4.63. The third-order valence-electron chi connectivity index (χ3n) is 3.62. The molecular weight excluding hydrogens is 206 g/mol. The zero-order chi connectivity index (χ0) is 11.7. The fourth-order valence-corrected chi connectivity index (χ4v) is 2.81. The third kappa shape index (κ3) is 1.96. The summed E-state index contributed by atoms with van der Waals surface area (Å²) < 4.78 is 0. The highest BCUT2D eigenvalue weighted by Gasteiger charge is 2.41. The van der Waals surface area contributed by atoms with E-state index < -0.39 is 5.97 Å². The highest BCUT2D eigenvalue weighted by molar-refractivity contribution is 5.84. The largest absolute Gasteiger partial charge is 0.480 e. The van der Waals surface area contributed by atoms with Gasteiger partial charge in [0.2, 0.25) is 5.91 Å². The Balaban J connectivity index is 2.01. The highest BCUT2D eigenvalue weighted by Crippen LogP contribution is 2.44. The van der Waals surface area contributed by atoms with Gasteiger partial charge in [-0.2, -0.15) is 0 Å². The standard InChI is InChI=1S/C12H17NO3/c1-2-13(7-11(14)15)12(16)10-6-8-3-4-9(10)5-8/h3-4,8-10H,2,5-7H2,1H3,(H,14,15). The number of carboxylic acids is 1. The summed E-state index contributed by atoms with van der Waals surface area (Å²) in [6.07, 6.45) is 6.27. The summed E-state index contributed by atoms with van der Waals surface area (Å²) in [5.41, 5.74) is 0. The first-order chi connectivity index (χ1) is 7.61. The Bertz CT molecular complexity index is 337. The van der Waals surface area contributed by atoms with Crippen LogP contribution in [-0.4, -0.2) is 35.0 Å². The van der Waals surface area contributed by atoms with Crippen LogP contribution in [0.25, 0.3) is 0 Å². The van der Waals surface area contributed by atoms with Gasteiger partial charge < -0.3 is 10.0 Å². The van der Waals surface area contributed by atoms with Crippen molar-refractivity contribution in [1.29, 1.82) is 0 Å². The summed E-state index contributed by atoms with van der Waals surface area (Å²) in [4.78, 5) is 24.2. The second-order valence-corrected chi connectivity index (χ2v) is 4.63. The van der Waals surface area contributed by atoms with Crippen molar-refractivity contribution in [2.75, 3.05) is 13.1 Å². The Labute approximate surface area is 94.9 Å². The molecule has 1 fully saturated rings. The number of fused-ring (bicyclic) bond motifs is 2. The molecule has 2 bridgehead atoms. The van der Waals surface area contributed by atoms with Crippen LogP contribution in [0, 0.1) is 17.8 Å². The molecule has 88 valence electrons. The number of allylic oxidation sites excluding steroid dienone is 2. The monoisotopic (exact) mass is 223 g/mol. The molecular formula is C12H17NO3. The van der Waals surface area contributed by atoms with Crippen LogP contribution in [0.4, 0.5) is 0 Å². The van der Waals surface area contributed by atoms with E-state index in [1.54, 1.807) is 0 Å². The molecule has 16 heavy (non-hydrogen) atoms. The molecule has 1 saturated carbocycles. The maximum Gasteiger partial charge on any atom is 0.323 e. The van der Waals surface area contributed by atoms with Crippen LogP contribution in [0.3, 0.4) is 0 Å². The molecule has 0 aromatic carbocycles. The molecule has 0 saturated heterocycles. The van der Waals surface area contributed by atoms with Crippen molar-refractivity contribution >= 4 is 11.9 Å². The molecule has 0 aromatic heterocycles. The van der Waals surface area contributed by atoms with Crippen molar-refractivity contribution in [1.82, 2.24) is 4.90 Å². The minimum Gasteiger partial charge on any atom is -0.480 e. The Morgan fingerprint density at radius 2 is 2.12 bits per heavy atom. The lowest BCUT2D eigenvalue weighted by atomic mass is 9.92. The van der Waals surface area contributed by atoms with Gasteiger partial charge in [0.1, 0.15) is 6.54 Å². The van der Waals surface area contributed by atoms with Crippen LogP contribution in [0.15, 0.2) is 12.2 Å². The van der Waals surface area contributed by atoms with E-state index >= 15 is 0 Å². The lowest BCUT2D eigenvalue weighted by Crippen LogP contribution is -2.40. The Kier molecular flexibility index (Phi) is 2.99.